The van der Waals surface area contributed by atoms with Crippen molar-refractivity contribution in [2.75, 3.05) is 0 Å². The Kier molecular flexibility index (Phi) is 1.75. The number of nitrogens with zero attached hydrogens (tertiary/aromatic N) is 1. The summed E-state index contributed by atoms with van der Waals surface area (Å²) in [6, 6.07) is 0. The van der Waals surface area contributed by atoms with Crippen molar-refractivity contribution in [2.45, 2.75) is 39.5 Å². The minimum Gasteiger partial charge on any atom is -0.351 e. The van der Waals surface area contributed by atoms with Gasteiger partial charge in [0.2, 0.25) is 0 Å². The average Bonchev–Trinajstić information content (AvgIpc) is 2.33. The molecule has 0 fully saturated rings. The van der Waals surface area contributed by atoms with E-state index in [-0.39, 0.29) is 0 Å². The number of rotatable bonds is 0. The summed E-state index contributed by atoms with van der Waals surface area (Å²) in [5.41, 5.74) is 6.23. The summed E-state index contributed by atoms with van der Waals surface area (Å²) in [4.78, 5) is 0. The number of hydrogen-bond acceptors (Lipinski definition) is 0. The van der Waals surface area contributed by atoms with E-state index in [4.69, 9.17) is 0 Å². The summed E-state index contributed by atoms with van der Waals surface area (Å²) in [5, 5.41) is 0. The summed E-state index contributed by atoms with van der Waals surface area (Å²) in [5.74, 6) is 0. The fourth-order valence-electron chi connectivity index (χ4n) is 2.34. The highest BCUT2D eigenvalue weighted by atomic mass is 15.0. The Bertz CT molecular complexity index is 278. The minimum absolute atomic E-state index is 1.29. The van der Waals surface area contributed by atoms with Crippen molar-refractivity contribution >= 4 is 0 Å². The van der Waals surface area contributed by atoms with Crippen molar-refractivity contribution in [2.24, 2.45) is 7.05 Å². The highest BCUT2D eigenvalue weighted by Gasteiger charge is 2.17. The first-order valence-corrected chi connectivity index (χ1v) is 4.85. The molecular formula is C11H17N. The Morgan fingerprint density at radius 1 is 1.08 bits per heavy atom. The first kappa shape index (κ1) is 7.90. The summed E-state index contributed by atoms with van der Waals surface area (Å²) in [6.07, 6.45) is 5.37. The van der Waals surface area contributed by atoms with Gasteiger partial charge in [0.15, 0.2) is 0 Å². The molecule has 1 heterocycles. The Morgan fingerprint density at radius 2 is 1.75 bits per heavy atom. The van der Waals surface area contributed by atoms with E-state index < -0.39 is 0 Å². The highest BCUT2D eigenvalue weighted by molar-refractivity contribution is 5.38. The van der Waals surface area contributed by atoms with Gasteiger partial charge < -0.3 is 4.57 Å². The average molecular weight is 163 g/mol. The molecule has 0 bridgehead atoms. The van der Waals surface area contributed by atoms with Crippen molar-refractivity contribution in [3.63, 3.8) is 0 Å². The Labute approximate surface area is 74.4 Å². The summed E-state index contributed by atoms with van der Waals surface area (Å²) < 4.78 is 2.38. The molecule has 0 spiro atoms. The van der Waals surface area contributed by atoms with E-state index >= 15 is 0 Å². The standard InChI is InChI=1S/C11H17N/c1-8-9(2)12(3)11-7-5-4-6-10(8)11/h4-7H2,1-3H3. The lowest BCUT2D eigenvalue weighted by molar-refractivity contribution is 0.644. The first-order chi connectivity index (χ1) is 5.72. The topological polar surface area (TPSA) is 4.93 Å². The van der Waals surface area contributed by atoms with Crippen molar-refractivity contribution in [3.05, 3.63) is 22.5 Å². The molecule has 1 aromatic rings. The van der Waals surface area contributed by atoms with Gasteiger partial charge in [-0.3, -0.25) is 0 Å². The zero-order chi connectivity index (χ0) is 8.72. The molecular weight excluding hydrogens is 146 g/mol. The van der Waals surface area contributed by atoms with E-state index in [1.54, 1.807) is 11.3 Å². The van der Waals surface area contributed by atoms with Crippen LogP contribution in [0.1, 0.15) is 35.4 Å². The van der Waals surface area contributed by atoms with Gasteiger partial charge in [0.05, 0.1) is 0 Å². The van der Waals surface area contributed by atoms with Crippen LogP contribution in [0, 0.1) is 13.8 Å². The molecule has 0 saturated carbocycles. The molecule has 0 atom stereocenters. The lowest BCUT2D eigenvalue weighted by Gasteiger charge is -2.13. The SMILES string of the molecule is Cc1c2c(n(C)c1C)CCCC2. The molecule has 0 radical (unpaired) electrons. The summed E-state index contributed by atoms with van der Waals surface area (Å²) in [6.45, 7) is 4.49. The van der Waals surface area contributed by atoms with Gasteiger partial charge in [0.25, 0.3) is 0 Å². The lowest BCUT2D eigenvalue weighted by Crippen LogP contribution is -2.05. The van der Waals surface area contributed by atoms with Crippen molar-refractivity contribution in [1.29, 1.82) is 0 Å². The van der Waals surface area contributed by atoms with Gasteiger partial charge in [-0.15, -0.1) is 0 Å². The molecule has 12 heavy (non-hydrogen) atoms. The highest BCUT2D eigenvalue weighted by Crippen LogP contribution is 2.27. The fraction of sp³-hybridized carbons (Fsp3) is 0.636. The molecule has 0 saturated heterocycles. The molecule has 1 aliphatic rings. The van der Waals surface area contributed by atoms with Crippen LogP contribution in [0.2, 0.25) is 0 Å². The van der Waals surface area contributed by atoms with E-state index in [9.17, 15) is 0 Å². The normalized spacial score (nSPS) is 16.2. The summed E-state index contributed by atoms with van der Waals surface area (Å²) in [7, 11) is 2.20. The quantitative estimate of drug-likeness (QED) is 0.554. The van der Waals surface area contributed by atoms with Crippen LogP contribution >= 0.6 is 0 Å². The maximum atomic E-state index is 2.38. The Morgan fingerprint density at radius 3 is 2.42 bits per heavy atom. The second-order valence-corrected chi connectivity index (χ2v) is 3.90. The molecule has 0 aliphatic heterocycles. The van der Waals surface area contributed by atoms with Gasteiger partial charge in [0.1, 0.15) is 0 Å². The first-order valence-electron chi connectivity index (χ1n) is 4.85. The van der Waals surface area contributed by atoms with Crippen molar-refractivity contribution in [1.82, 2.24) is 4.57 Å². The van der Waals surface area contributed by atoms with Crippen LogP contribution < -0.4 is 0 Å². The van der Waals surface area contributed by atoms with E-state index in [0.717, 1.165) is 0 Å². The Hall–Kier alpha value is -0.720. The fourth-order valence-corrected chi connectivity index (χ4v) is 2.34. The van der Waals surface area contributed by atoms with Gasteiger partial charge in [0, 0.05) is 18.4 Å². The van der Waals surface area contributed by atoms with Crippen LogP contribution in [-0.4, -0.2) is 4.57 Å². The van der Waals surface area contributed by atoms with Gasteiger partial charge in [-0.25, -0.2) is 0 Å². The smallest absolute Gasteiger partial charge is 0.0209 e. The number of fused-ring (bicyclic) bond motifs is 1. The molecule has 1 aromatic heterocycles. The lowest BCUT2D eigenvalue weighted by atomic mass is 9.95. The number of aromatic nitrogens is 1. The van der Waals surface area contributed by atoms with Gasteiger partial charge in [-0.2, -0.15) is 0 Å². The predicted octanol–water partition coefficient (Wildman–Crippen LogP) is 2.52. The zero-order valence-corrected chi connectivity index (χ0v) is 8.28. The molecule has 1 nitrogen and oxygen atoms in total. The molecule has 0 aromatic carbocycles. The maximum absolute atomic E-state index is 2.38. The third kappa shape index (κ3) is 0.921. The van der Waals surface area contributed by atoms with Crippen LogP contribution in [0.3, 0.4) is 0 Å². The third-order valence-corrected chi connectivity index (χ3v) is 3.34. The van der Waals surface area contributed by atoms with Crippen molar-refractivity contribution in [3.8, 4) is 0 Å². The predicted molar refractivity (Wildman–Crippen MR) is 51.5 cm³/mol. The molecule has 1 aliphatic carbocycles. The zero-order valence-electron chi connectivity index (χ0n) is 8.28. The van der Waals surface area contributed by atoms with Crippen LogP contribution in [0.4, 0.5) is 0 Å². The molecule has 2 rings (SSSR count). The van der Waals surface area contributed by atoms with Gasteiger partial charge >= 0.3 is 0 Å². The van der Waals surface area contributed by atoms with Crippen LogP contribution in [0.15, 0.2) is 0 Å². The molecule has 0 amide bonds. The second-order valence-electron chi connectivity index (χ2n) is 3.90. The van der Waals surface area contributed by atoms with Crippen LogP contribution in [-0.2, 0) is 19.9 Å². The molecule has 0 N–H and O–H groups in total. The summed E-state index contributed by atoms with van der Waals surface area (Å²) >= 11 is 0. The monoisotopic (exact) mass is 163 g/mol. The maximum Gasteiger partial charge on any atom is 0.0209 e. The Balaban J connectivity index is 2.60. The van der Waals surface area contributed by atoms with Crippen LogP contribution in [0.25, 0.3) is 0 Å². The van der Waals surface area contributed by atoms with Crippen molar-refractivity contribution < 1.29 is 0 Å². The largest absolute Gasteiger partial charge is 0.351 e. The third-order valence-electron chi connectivity index (χ3n) is 3.34. The second kappa shape index (κ2) is 2.65. The molecule has 1 heteroatoms. The van der Waals surface area contributed by atoms with Gasteiger partial charge in [-0.05, 0) is 50.7 Å². The number of hydrogen-bond donors (Lipinski definition) is 0. The molecule has 0 unspecified atom stereocenters. The van der Waals surface area contributed by atoms with E-state index in [1.807, 2.05) is 0 Å². The van der Waals surface area contributed by atoms with E-state index in [1.165, 1.54) is 36.9 Å². The van der Waals surface area contributed by atoms with E-state index in [0.29, 0.717) is 0 Å². The minimum atomic E-state index is 1.29. The van der Waals surface area contributed by atoms with Crippen LogP contribution in [0.5, 0.6) is 0 Å². The molecule has 66 valence electrons. The van der Waals surface area contributed by atoms with Gasteiger partial charge in [-0.1, -0.05) is 0 Å². The van der Waals surface area contributed by atoms with E-state index in [2.05, 4.69) is 25.5 Å².